The van der Waals surface area contributed by atoms with Crippen molar-refractivity contribution in [3.63, 3.8) is 0 Å². The summed E-state index contributed by atoms with van der Waals surface area (Å²) in [5.41, 5.74) is 1.09. The van der Waals surface area contributed by atoms with Crippen molar-refractivity contribution >= 4 is 23.4 Å². The molecule has 0 radical (unpaired) electrons. The highest BCUT2D eigenvalue weighted by molar-refractivity contribution is 6.30. The third-order valence-electron chi connectivity index (χ3n) is 4.04. The van der Waals surface area contributed by atoms with Crippen molar-refractivity contribution in [2.24, 2.45) is 0 Å². The van der Waals surface area contributed by atoms with Crippen molar-refractivity contribution in [1.82, 2.24) is 0 Å². The molecule has 1 aromatic heterocycles. The molecule has 130 valence electrons. The van der Waals surface area contributed by atoms with Crippen LogP contribution in [0.2, 0.25) is 5.02 Å². The van der Waals surface area contributed by atoms with E-state index in [4.69, 9.17) is 25.5 Å². The number of hydrogen-bond donors (Lipinski definition) is 0. The standard InChI is InChI=1S/C19H17ClO5/c1-3-23-19(22)15-11(2)25-18(17(21)14-5-4-10-24-14)16(15)12-6-8-13(20)9-7-12/h4-10,16,18H,3H2,1-2H3/t16-,18-/m1/s1. The number of carbonyl (C=O) groups excluding carboxylic acids is 2. The quantitative estimate of drug-likeness (QED) is 0.592. The minimum atomic E-state index is -0.897. The molecule has 0 N–H and O–H groups in total. The number of benzene rings is 1. The predicted molar refractivity (Wildman–Crippen MR) is 91.4 cm³/mol. The van der Waals surface area contributed by atoms with Gasteiger partial charge in [0.1, 0.15) is 5.76 Å². The molecule has 5 nitrogen and oxygen atoms in total. The molecule has 2 aromatic rings. The smallest absolute Gasteiger partial charge is 0.338 e. The Kier molecular flexibility index (Phi) is 4.95. The van der Waals surface area contributed by atoms with E-state index in [0.29, 0.717) is 16.4 Å². The highest BCUT2D eigenvalue weighted by Crippen LogP contribution is 2.41. The van der Waals surface area contributed by atoms with Gasteiger partial charge in [0.15, 0.2) is 11.9 Å². The van der Waals surface area contributed by atoms with Crippen molar-refractivity contribution in [2.45, 2.75) is 25.9 Å². The van der Waals surface area contributed by atoms with E-state index < -0.39 is 18.0 Å². The van der Waals surface area contributed by atoms with Gasteiger partial charge >= 0.3 is 5.97 Å². The van der Waals surface area contributed by atoms with E-state index in [1.54, 1.807) is 50.2 Å². The maximum Gasteiger partial charge on any atom is 0.338 e. The Morgan fingerprint density at radius 3 is 2.52 bits per heavy atom. The number of hydrogen-bond acceptors (Lipinski definition) is 5. The molecule has 0 fully saturated rings. The van der Waals surface area contributed by atoms with E-state index in [2.05, 4.69) is 0 Å². The molecule has 2 atom stereocenters. The van der Waals surface area contributed by atoms with Gasteiger partial charge in [-0.25, -0.2) is 4.79 Å². The molecule has 0 unspecified atom stereocenters. The van der Waals surface area contributed by atoms with Gasteiger partial charge in [-0.2, -0.15) is 0 Å². The van der Waals surface area contributed by atoms with E-state index in [9.17, 15) is 9.59 Å². The molecule has 0 amide bonds. The number of halogens is 1. The third-order valence-corrected chi connectivity index (χ3v) is 4.30. The first kappa shape index (κ1) is 17.3. The summed E-state index contributed by atoms with van der Waals surface area (Å²) in [5, 5.41) is 0.565. The van der Waals surface area contributed by atoms with Gasteiger partial charge in [-0.05, 0) is 43.7 Å². The monoisotopic (exact) mass is 360 g/mol. The lowest BCUT2D eigenvalue weighted by Crippen LogP contribution is -2.29. The molecule has 0 spiro atoms. The van der Waals surface area contributed by atoms with Crippen LogP contribution in [-0.4, -0.2) is 24.5 Å². The van der Waals surface area contributed by atoms with Crippen LogP contribution in [0.4, 0.5) is 0 Å². The predicted octanol–water partition coefficient (Wildman–Crippen LogP) is 4.14. The van der Waals surface area contributed by atoms with Crippen LogP contribution in [0.25, 0.3) is 0 Å². The van der Waals surface area contributed by atoms with Gasteiger partial charge in [-0.3, -0.25) is 4.79 Å². The Morgan fingerprint density at radius 1 is 1.20 bits per heavy atom. The highest BCUT2D eigenvalue weighted by atomic mass is 35.5. The van der Waals surface area contributed by atoms with Gasteiger partial charge in [0, 0.05) is 5.02 Å². The van der Waals surface area contributed by atoms with E-state index in [1.165, 1.54) is 6.26 Å². The molecule has 3 rings (SSSR count). The fourth-order valence-electron chi connectivity index (χ4n) is 2.95. The zero-order valence-electron chi connectivity index (χ0n) is 13.8. The van der Waals surface area contributed by atoms with E-state index in [1.807, 2.05) is 0 Å². The van der Waals surface area contributed by atoms with E-state index >= 15 is 0 Å². The molecule has 6 heteroatoms. The second-order valence-corrected chi connectivity index (χ2v) is 6.04. The number of esters is 1. The largest absolute Gasteiger partial charge is 0.485 e. The molecular weight excluding hydrogens is 344 g/mol. The number of Topliss-reactive ketones (excluding diaryl/α,β-unsaturated/α-hetero) is 1. The molecule has 0 saturated carbocycles. The van der Waals surface area contributed by atoms with Crippen LogP contribution in [-0.2, 0) is 14.3 Å². The summed E-state index contributed by atoms with van der Waals surface area (Å²) >= 11 is 5.96. The van der Waals surface area contributed by atoms with Crippen LogP contribution in [0.15, 0.2) is 58.4 Å². The number of furan rings is 1. The summed E-state index contributed by atoms with van der Waals surface area (Å²) in [6.45, 7) is 3.62. The van der Waals surface area contributed by atoms with Crippen LogP contribution in [0, 0.1) is 0 Å². The Balaban J connectivity index is 2.03. The summed E-state index contributed by atoms with van der Waals surface area (Å²) in [7, 11) is 0. The number of allylic oxidation sites excluding steroid dienone is 1. The zero-order chi connectivity index (χ0) is 18.0. The SMILES string of the molecule is CCOC(=O)C1=C(C)O[C@@H](C(=O)c2ccco2)[C@@H]1c1ccc(Cl)cc1. The maximum absolute atomic E-state index is 12.8. The summed E-state index contributed by atoms with van der Waals surface area (Å²) in [4.78, 5) is 25.2. The molecule has 1 aliphatic heterocycles. The number of rotatable bonds is 5. The molecule has 0 bridgehead atoms. The van der Waals surface area contributed by atoms with Crippen molar-refractivity contribution in [3.8, 4) is 0 Å². The Bertz CT molecular complexity index is 805. The first-order valence-electron chi connectivity index (χ1n) is 7.90. The summed E-state index contributed by atoms with van der Waals surface area (Å²) < 4.78 is 16.1. The van der Waals surface area contributed by atoms with Crippen LogP contribution < -0.4 is 0 Å². The van der Waals surface area contributed by atoms with Crippen LogP contribution in [0.3, 0.4) is 0 Å². The summed E-state index contributed by atoms with van der Waals surface area (Å²) in [6.07, 6.45) is 0.526. The minimum Gasteiger partial charge on any atom is -0.485 e. The summed E-state index contributed by atoms with van der Waals surface area (Å²) in [5.74, 6) is -0.850. The first-order valence-corrected chi connectivity index (χ1v) is 8.28. The lowest BCUT2D eigenvalue weighted by atomic mass is 9.85. The highest BCUT2D eigenvalue weighted by Gasteiger charge is 2.45. The lowest BCUT2D eigenvalue weighted by Gasteiger charge is -2.19. The molecular formula is C19H17ClO5. The third kappa shape index (κ3) is 3.33. The van der Waals surface area contributed by atoms with Crippen LogP contribution in [0.5, 0.6) is 0 Å². The fraction of sp³-hybridized carbons (Fsp3) is 0.263. The maximum atomic E-state index is 12.8. The van der Waals surface area contributed by atoms with Gasteiger partial charge < -0.3 is 13.9 Å². The first-order chi connectivity index (χ1) is 12.0. The second-order valence-electron chi connectivity index (χ2n) is 5.60. The molecule has 25 heavy (non-hydrogen) atoms. The topological polar surface area (TPSA) is 65.7 Å². The van der Waals surface area contributed by atoms with Gasteiger partial charge in [-0.15, -0.1) is 0 Å². The summed E-state index contributed by atoms with van der Waals surface area (Å²) in [6, 6.07) is 10.2. The molecule has 1 aromatic carbocycles. The second kappa shape index (κ2) is 7.15. The van der Waals surface area contributed by atoms with Gasteiger partial charge in [0.25, 0.3) is 0 Å². The average Bonchev–Trinajstić information content (AvgIpc) is 3.23. The van der Waals surface area contributed by atoms with Crippen molar-refractivity contribution in [1.29, 1.82) is 0 Å². The van der Waals surface area contributed by atoms with E-state index in [0.717, 1.165) is 5.56 Å². The Labute approximate surface area is 150 Å². The van der Waals surface area contributed by atoms with Gasteiger partial charge in [-0.1, -0.05) is 23.7 Å². The van der Waals surface area contributed by atoms with Gasteiger partial charge in [0.05, 0.1) is 24.4 Å². The van der Waals surface area contributed by atoms with Crippen LogP contribution >= 0.6 is 11.6 Å². The number of carbonyl (C=O) groups is 2. The Morgan fingerprint density at radius 2 is 1.92 bits per heavy atom. The van der Waals surface area contributed by atoms with E-state index in [-0.39, 0.29) is 18.2 Å². The average molecular weight is 361 g/mol. The van der Waals surface area contributed by atoms with Crippen molar-refractivity contribution in [2.75, 3.05) is 6.61 Å². The molecule has 0 saturated heterocycles. The Hall–Kier alpha value is -2.53. The fourth-order valence-corrected chi connectivity index (χ4v) is 3.07. The number of ketones is 1. The normalized spacial score (nSPS) is 19.6. The lowest BCUT2D eigenvalue weighted by molar-refractivity contribution is -0.138. The molecule has 0 aliphatic carbocycles. The van der Waals surface area contributed by atoms with Crippen molar-refractivity contribution in [3.05, 3.63) is 70.3 Å². The van der Waals surface area contributed by atoms with Crippen molar-refractivity contribution < 1.29 is 23.5 Å². The zero-order valence-corrected chi connectivity index (χ0v) is 14.6. The minimum absolute atomic E-state index is 0.182. The number of ether oxygens (including phenoxy) is 2. The molecule has 1 aliphatic rings. The molecule has 2 heterocycles. The van der Waals surface area contributed by atoms with Gasteiger partial charge in [0.2, 0.25) is 5.78 Å². The van der Waals surface area contributed by atoms with Crippen LogP contribution in [0.1, 0.15) is 35.9 Å².